The highest BCUT2D eigenvalue weighted by Gasteiger charge is 2.08. The summed E-state index contributed by atoms with van der Waals surface area (Å²) in [5, 5.41) is 5.88. The molecule has 3 aromatic carbocycles. The van der Waals surface area contributed by atoms with Gasteiger partial charge in [0.2, 0.25) is 0 Å². The number of carbonyl (C=O) groups is 2. The second kappa shape index (κ2) is 10.3. The molecule has 0 fully saturated rings. The monoisotopic (exact) mass is 408 g/mol. The van der Waals surface area contributed by atoms with E-state index in [9.17, 15) is 9.59 Å². The van der Waals surface area contributed by atoms with Crippen molar-refractivity contribution in [3.05, 3.63) is 89.4 Å². The largest absolute Gasteiger partial charge is 0.482 e. The first-order valence-electron chi connectivity index (χ1n) is 9.21. The summed E-state index contributed by atoms with van der Waals surface area (Å²) in [5.74, 6) is -0.0255. The van der Waals surface area contributed by atoms with Crippen molar-refractivity contribution < 1.29 is 14.3 Å². The molecule has 0 aliphatic rings. The zero-order valence-corrected chi connectivity index (χ0v) is 16.5. The van der Waals surface area contributed by atoms with E-state index in [0.29, 0.717) is 29.4 Å². The summed E-state index contributed by atoms with van der Waals surface area (Å²) in [6.45, 7) is 0.477. The maximum absolute atomic E-state index is 11.9. The van der Waals surface area contributed by atoms with E-state index in [0.717, 1.165) is 11.1 Å². The molecule has 2 amide bonds. The highest BCUT2D eigenvalue weighted by molar-refractivity contribution is 6.32. The zero-order chi connectivity index (χ0) is 20.5. The van der Waals surface area contributed by atoms with Crippen molar-refractivity contribution in [1.29, 1.82) is 0 Å². The minimum Gasteiger partial charge on any atom is -0.482 e. The van der Waals surface area contributed by atoms with Crippen molar-refractivity contribution in [2.24, 2.45) is 0 Å². The molecule has 5 nitrogen and oxygen atoms in total. The summed E-state index contributed by atoms with van der Waals surface area (Å²) in [5.41, 5.74) is 2.61. The van der Waals surface area contributed by atoms with Crippen LogP contribution in [0.1, 0.15) is 10.4 Å². The summed E-state index contributed by atoms with van der Waals surface area (Å²) in [6.07, 6.45) is 0. The second-order valence-corrected chi connectivity index (χ2v) is 6.68. The van der Waals surface area contributed by atoms with Crippen LogP contribution in [-0.2, 0) is 4.79 Å². The van der Waals surface area contributed by atoms with Crippen LogP contribution in [0, 0.1) is 0 Å². The number of carbonyl (C=O) groups excluding carboxylic acids is 2. The lowest BCUT2D eigenvalue weighted by molar-refractivity contribution is -0.123. The molecule has 0 atom stereocenters. The third kappa shape index (κ3) is 6.09. The third-order valence-corrected chi connectivity index (χ3v) is 4.46. The van der Waals surface area contributed by atoms with Gasteiger partial charge in [-0.1, -0.05) is 66.2 Å². The zero-order valence-electron chi connectivity index (χ0n) is 15.7. The fourth-order valence-electron chi connectivity index (χ4n) is 2.69. The molecule has 148 valence electrons. The van der Waals surface area contributed by atoms with Gasteiger partial charge in [-0.2, -0.15) is 0 Å². The van der Waals surface area contributed by atoms with Gasteiger partial charge in [0.25, 0.3) is 11.8 Å². The van der Waals surface area contributed by atoms with Crippen molar-refractivity contribution in [1.82, 2.24) is 10.6 Å². The van der Waals surface area contributed by atoms with Gasteiger partial charge in [0.1, 0.15) is 5.75 Å². The van der Waals surface area contributed by atoms with Crippen LogP contribution in [0.4, 0.5) is 0 Å². The van der Waals surface area contributed by atoms with Crippen LogP contribution >= 0.6 is 11.6 Å². The Hall–Kier alpha value is -3.31. The highest BCUT2D eigenvalue weighted by Crippen LogP contribution is 2.30. The van der Waals surface area contributed by atoms with Crippen LogP contribution in [-0.4, -0.2) is 31.5 Å². The van der Waals surface area contributed by atoms with Gasteiger partial charge in [0.05, 0.1) is 5.02 Å². The summed E-state index contributed by atoms with van der Waals surface area (Å²) in [6, 6.07) is 24.2. The molecule has 0 aromatic heterocycles. The molecule has 0 saturated heterocycles. The van der Waals surface area contributed by atoms with E-state index in [-0.39, 0.29) is 18.4 Å². The molecule has 0 aliphatic heterocycles. The summed E-state index contributed by atoms with van der Waals surface area (Å²) in [4.78, 5) is 23.8. The lowest BCUT2D eigenvalue weighted by Crippen LogP contribution is -2.36. The Labute approximate surface area is 174 Å². The van der Waals surface area contributed by atoms with Crippen LogP contribution in [0.25, 0.3) is 11.1 Å². The quantitative estimate of drug-likeness (QED) is 0.555. The molecule has 29 heavy (non-hydrogen) atoms. The number of halogens is 1. The van der Waals surface area contributed by atoms with E-state index in [4.69, 9.17) is 16.3 Å². The molecule has 0 heterocycles. The molecule has 0 unspecified atom stereocenters. The smallest absolute Gasteiger partial charge is 0.258 e. The number of nitrogens with one attached hydrogen (secondary N) is 2. The number of hydrogen-bond donors (Lipinski definition) is 2. The van der Waals surface area contributed by atoms with E-state index in [1.165, 1.54) is 0 Å². The number of amides is 2. The third-order valence-electron chi connectivity index (χ3n) is 4.17. The average Bonchev–Trinajstić information content (AvgIpc) is 2.77. The van der Waals surface area contributed by atoms with Crippen LogP contribution < -0.4 is 15.4 Å². The second-order valence-electron chi connectivity index (χ2n) is 6.27. The van der Waals surface area contributed by atoms with Gasteiger partial charge in [-0.25, -0.2) is 0 Å². The minimum atomic E-state index is -0.290. The molecular formula is C23H21ClN2O3. The van der Waals surface area contributed by atoms with Crippen LogP contribution in [0.3, 0.4) is 0 Å². The molecule has 3 rings (SSSR count). The van der Waals surface area contributed by atoms with Gasteiger partial charge in [0.15, 0.2) is 6.61 Å². The van der Waals surface area contributed by atoms with E-state index >= 15 is 0 Å². The number of benzene rings is 3. The van der Waals surface area contributed by atoms with E-state index in [1.807, 2.05) is 48.5 Å². The Kier molecular flexibility index (Phi) is 7.25. The first-order valence-corrected chi connectivity index (χ1v) is 9.59. The Balaban J connectivity index is 1.41. The lowest BCUT2D eigenvalue weighted by atomic mass is 10.1. The summed E-state index contributed by atoms with van der Waals surface area (Å²) < 4.78 is 5.51. The molecule has 6 heteroatoms. The average molecular weight is 409 g/mol. The van der Waals surface area contributed by atoms with Crippen molar-refractivity contribution in [2.45, 2.75) is 0 Å². The van der Waals surface area contributed by atoms with E-state index < -0.39 is 0 Å². The highest BCUT2D eigenvalue weighted by atomic mass is 35.5. The predicted molar refractivity (Wildman–Crippen MR) is 114 cm³/mol. The van der Waals surface area contributed by atoms with Gasteiger partial charge < -0.3 is 15.4 Å². The van der Waals surface area contributed by atoms with Gasteiger partial charge in [-0.05, 0) is 35.4 Å². The Morgan fingerprint density at radius 2 is 1.45 bits per heavy atom. The number of ether oxygens (including phenoxy) is 1. The first-order chi connectivity index (χ1) is 14.1. The van der Waals surface area contributed by atoms with Crippen molar-refractivity contribution >= 4 is 23.4 Å². The van der Waals surface area contributed by atoms with Crippen molar-refractivity contribution in [2.75, 3.05) is 19.7 Å². The molecule has 0 bridgehead atoms. The van der Waals surface area contributed by atoms with Crippen LogP contribution in [0.2, 0.25) is 5.02 Å². The number of hydrogen-bond acceptors (Lipinski definition) is 3. The summed E-state index contributed by atoms with van der Waals surface area (Å²) >= 11 is 6.28. The molecule has 0 aliphatic carbocycles. The standard InChI is InChI=1S/C23H21ClN2O3/c24-20-15-19(17-7-3-1-4-8-17)11-12-21(20)29-16-22(27)25-13-14-26-23(28)18-9-5-2-6-10-18/h1-12,15H,13-14,16H2,(H,25,27)(H,26,28). The van der Waals surface area contributed by atoms with Crippen molar-refractivity contribution in [3.63, 3.8) is 0 Å². The molecule has 3 aromatic rings. The number of rotatable bonds is 8. The van der Waals surface area contributed by atoms with Gasteiger partial charge in [-0.15, -0.1) is 0 Å². The van der Waals surface area contributed by atoms with E-state index in [1.54, 1.807) is 30.3 Å². The predicted octanol–water partition coefficient (Wildman–Crippen LogP) is 3.93. The molecular weight excluding hydrogens is 388 g/mol. The van der Waals surface area contributed by atoms with Gasteiger partial charge >= 0.3 is 0 Å². The fourth-order valence-corrected chi connectivity index (χ4v) is 2.93. The maximum Gasteiger partial charge on any atom is 0.258 e. The summed E-state index contributed by atoms with van der Waals surface area (Å²) in [7, 11) is 0. The Bertz CT molecular complexity index is 962. The fraction of sp³-hybridized carbons (Fsp3) is 0.130. The maximum atomic E-state index is 11.9. The lowest BCUT2D eigenvalue weighted by Gasteiger charge is -2.11. The first kappa shape index (κ1) is 20.4. The molecule has 0 saturated carbocycles. The SMILES string of the molecule is O=C(COc1ccc(-c2ccccc2)cc1Cl)NCCNC(=O)c1ccccc1. The Morgan fingerprint density at radius 1 is 0.793 bits per heavy atom. The van der Waals surface area contributed by atoms with Crippen molar-refractivity contribution in [3.8, 4) is 16.9 Å². The topological polar surface area (TPSA) is 67.4 Å². The van der Waals surface area contributed by atoms with Crippen LogP contribution in [0.5, 0.6) is 5.75 Å². The molecule has 0 radical (unpaired) electrons. The Morgan fingerprint density at radius 3 is 2.14 bits per heavy atom. The van der Waals surface area contributed by atoms with Crippen LogP contribution in [0.15, 0.2) is 78.9 Å². The normalized spacial score (nSPS) is 10.2. The minimum absolute atomic E-state index is 0.156. The van der Waals surface area contributed by atoms with E-state index in [2.05, 4.69) is 10.6 Å². The van der Waals surface area contributed by atoms with Gasteiger partial charge in [0, 0.05) is 18.7 Å². The molecule has 0 spiro atoms. The van der Waals surface area contributed by atoms with Gasteiger partial charge in [-0.3, -0.25) is 9.59 Å². The molecule has 2 N–H and O–H groups in total.